The first-order chi connectivity index (χ1) is 7.81. The van der Waals surface area contributed by atoms with E-state index < -0.39 is 0 Å². The molecule has 0 unspecified atom stereocenters. The van der Waals surface area contributed by atoms with Crippen LogP contribution in [0.25, 0.3) is 11.1 Å². The number of oxazole rings is 1. The number of fused-ring (bicyclic) bond motifs is 1. The zero-order valence-corrected chi connectivity index (χ0v) is 9.80. The predicted molar refractivity (Wildman–Crippen MR) is 66.5 cm³/mol. The van der Waals surface area contributed by atoms with Gasteiger partial charge in [0, 0.05) is 11.4 Å². The molecular weight excluding hydrogens is 220 g/mol. The number of anilines is 1. The zero-order chi connectivity index (χ0) is 11.0. The maximum atomic E-state index is 5.69. The first-order valence-corrected chi connectivity index (χ1v) is 6.59. The first kappa shape index (κ1) is 10.0. The number of rotatable bonds is 4. The molecule has 2 N–H and O–H groups in total. The van der Waals surface area contributed by atoms with Crippen LogP contribution < -0.4 is 5.73 Å². The second kappa shape index (κ2) is 4.01. The molecule has 1 aromatic carbocycles. The summed E-state index contributed by atoms with van der Waals surface area (Å²) in [4.78, 5) is 4.41. The van der Waals surface area contributed by atoms with E-state index in [2.05, 4.69) is 4.98 Å². The summed E-state index contributed by atoms with van der Waals surface area (Å²) >= 11 is 1.70. The van der Waals surface area contributed by atoms with E-state index in [1.165, 1.54) is 19.3 Å². The van der Waals surface area contributed by atoms with E-state index >= 15 is 0 Å². The molecule has 0 aliphatic heterocycles. The van der Waals surface area contributed by atoms with Crippen LogP contribution in [0.4, 0.5) is 5.69 Å². The highest BCUT2D eigenvalue weighted by molar-refractivity contribution is 7.99. The number of nitrogens with two attached hydrogens (primary N) is 1. The predicted octanol–water partition coefficient (Wildman–Crippen LogP) is 3.30. The lowest BCUT2D eigenvalue weighted by Crippen LogP contribution is -1.82. The van der Waals surface area contributed by atoms with Crippen LogP contribution in [0.3, 0.4) is 0 Å². The highest BCUT2D eigenvalue weighted by atomic mass is 32.2. The summed E-state index contributed by atoms with van der Waals surface area (Å²) in [6.45, 7) is 0. The van der Waals surface area contributed by atoms with Gasteiger partial charge in [-0.2, -0.15) is 0 Å². The van der Waals surface area contributed by atoms with Crippen LogP contribution in [0.1, 0.15) is 19.3 Å². The molecule has 0 saturated heterocycles. The van der Waals surface area contributed by atoms with Crippen LogP contribution in [-0.4, -0.2) is 10.7 Å². The Kier molecular flexibility index (Phi) is 2.52. The van der Waals surface area contributed by atoms with Crippen molar-refractivity contribution in [2.45, 2.75) is 24.5 Å². The Hall–Kier alpha value is -1.16. The Morgan fingerprint density at radius 1 is 1.44 bits per heavy atom. The van der Waals surface area contributed by atoms with Gasteiger partial charge in [-0.3, -0.25) is 0 Å². The van der Waals surface area contributed by atoms with Crippen LogP contribution in [0, 0.1) is 5.92 Å². The van der Waals surface area contributed by atoms with Crippen molar-refractivity contribution in [3.05, 3.63) is 18.2 Å². The molecule has 4 heteroatoms. The fourth-order valence-corrected chi connectivity index (χ4v) is 2.64. The third-order valence-electron chi connectivity index (χ3n) is 2.84. The maximum absolute atomic E-state index is 5.69. The third kappa shape index (κ3) is 2.16. The van der Waals surface area contributed by atoms with Crippen LogP contribution in [-0.2, 0) is 0 Å². The van der Waals surface area contributed by atoms with Gasteiger partial charge in [0.1, 0.15) is 5.52 Å². The zero-order valence-electron chi connectivity index (χ0n) is 8.98. The minimum absolute atomic E-state index is 0.732. The molecule has 2 aromatic rings. The number of aromatic nitrogens is 1. The number of nitrogens with zero attached hydrogens (tertiary/aromatic N) is 1. The number of hydrogen-bond acceptors (Lipinski definition) is 4. The summed E-state index contributed by atoms with van der Waals surface area (Å²) in [5, 5.41) is 0.765. The van der Waals surface area contributed by atoms with E-state index in [4.69, 9.17) is 10.2 Å². The Bertz CT molecular complexity index is 505. The van der Waals surface area contributed by atoms with Crippen molar-refractivity contribution in [2.24, 2.45) is 5.92 Å². The molecule has 0 spiro atoms. The molecule has 1 aliphatic rings. The monoisotopic (exact) mass is 234 g/mol. The highest BCUT2D eigenvalue weighted by Gasteiger charge is 2.20. The molecule has 16 heavy (non-hydrogen) atoms. The van der Waals surface area contributed by atoms with Gasteiger partial charge < -0.3 is 10.2 Å². The van der Waals surface area contributed by atoms with E-state index in [0.29, 0.717) is 0 Å². The molecule has 1 heterocycles. The van der Waals surface area contributed by atoms with Gasteiger partial charge in [0.15, 0.2) is 5.58 Å². The van der Waals surface area contributed by atoms with Gasteiger partial charge in [-0.1, -0.05) is 24.6 Å². The number of hydrogen-bond donors (Lipinski definition) is 1. The normalized spacial score (nSPS) is 15.8. The lowest BCUT2D eigenvalue weighted by Gasteiger charge is -1.93. The molecule has 84 valence electrons. The molecular formula is C12H14N2OS. The summed E-state index contributed by atoms with van der Waals surface area (Å²) in [7, 11) is 0. The van der Waals surface area contributed by atoms with Crippen molar-refractivity contribution in [1.29, 1.82) is 0 Å². The summed E-state index contributed by atoms with van der Waals surface area (Å²) < 4.78 is 5.62. The van der Waals surface area contributed by atoms with E-state index in [1.54, 1.807) is 11.8 Å². The first-order valence-electron chi connectivity index (χ1n) is 5.60. The maximum Gasteiger partial charge on any atom is 0.256 e. The lowest BCUT2D eigenvalue weighted by molar-refractivity contribution is 0.489. The van der Waals surface area contributed by atoms with Crippen molar-refractivity contribution < 1.29 is 4.42 Å². The topological polar surface area (TPSA) is 52.0 Å². The Labute approximate surface area is 98.4 Å². The van der Waals surface area contributed by atoms with E-state index in [0.717, 1.165) is 33.7 Å². The van der Waals surface area contributed by atoms with Gasteiger partial charge in [0.2, 0.25) is 0 Å². The van der Waals surface area contributed by atoms with Crippen LogP contribution in [0.2, 0.25) is 0 Å². The molecule has 1 saturated carbocycles. The number of nitrogen functional groups attached to an aromatic ring is 1. The molecule has 0 radical (unpaired) electrons. The second-order valence-electron chi connectivity index (χ2n) is 4.29. The molecule has 1 aliphatic carbocycles. The van der Waals surface area contributed by atoms with Crippen molar-refractivity contribution in [1.82, 2.24) is 4.98 Å². The minimum Gasteiger partial charge on any atom is -0.431 e. The van der Waals surface area contributed by atoms with Gasteiger partial charge in [0.05, 0.1) is 0 Å². The largest absolute Gasteiger partial charge is 0.431 e. The van der Waals surface area contributed by atoms with Crippen molar-refractivity contribution in [3.8, 4) is 0 Å². The summed E-state index contributed by atoms with van der Waals surface area (Å²) in [6, 6.07) is 5.57. The van der Waals surface area contributed by atoms with Crippen molar-refractivity contribution >= 4 is 28.5 Å². The summed E-state index contributed by atoms with van der Waals surface area (Å²) in [6.07, 6.45) is 4.10. The molecule has 0 bridgehead atoms. The standard InChI is InChI=1S/C12H14N2OS/c13-9-3-4-11-10(7-9)14-12(15-11)16-6-5-8-1-2-8/h3-4,7-8H,1-2,5-6,13H2. The Morgan fingerprint density at radius 2 is 2.31 bits per heavy atom. The summed E-state index contributed by atoms with van der Waals surface area (Å²) in [5.74, 6) is 2.07. The molecule has 0 atom stereocenters. The average molecular weight is 234 g/mol. The van der Waals surface area contributed by atoms with Crippen molar-refractivity contribution in [3.63, 3.8) is 0 Å². The van der Waals surface area contributed by atoms with Gasteiger partial charge in [-0.15, -0.1) is 0 Å². The highest BCUT2D eigenvalue weighted by Crippen LogP contribution is 2.35. The smallest absolute Gasteiger partial charge is 0.256 e. The second-order valence-corrected chi connectivity index (χ2v) is 5.33. The fourth-order valence-electron chi connectivity index (χ4n) is 1.70. The van der Waals surface area contributed by atoms with Crippen LogP contribution >= 0.6 is 11.8 Å². The third-order valence-corrected chi connectivity index (χ3v) is 3.70. The molecule has 1 aromatic heterocycles. The Morgan fingerprint density at radius 3 is 3.12 bits per heavy atom. The van der Waals surface area contributed by atoms with Crippen LogP contribution in [0.15, 0.2) is 27.8 Å². The molecule has 3 rings (SSSR count). The Balaban J connectivity index is 1.71. The minimum atomic E-state index is 0.732. The molecule has 1 fully saturated rings. The SMILES string of the molecule is Nc1ccc2oc(SCCC3CC3)nc2c1. The van der Waals surface area contributed by atoms with E-state index in [-0.39, 0.29) is 0 Å². The van der Waals surface area contributed by atoms with E-state index in [1.807, 2.05) is 18.2 Å². The van der Waals surface area contributed by atoms with Crippen LogP contribution in [0.5, 0.6) is 0 Å². The van der Waals surface area contributed by atoms with Gasteiger partial charge in [-0.05, 0) is 30.5 Å². The lowest BCUT2D eigenvalue weighted by atomic mass is 10.3. The quantitative estimate of drug-likeness (QED) is 0.651. The van der Waals surface area contributed by atoms with E-state index in [9.17, 15) is 0 Å². The molecule has 0 amide bonds. The molecule has 3 nitrogen and oxygen atoms in total. The average Bonchev–Trinajstić information content (AvgIpc) is 2.98. The summed E-state index contributed by atoms with van der Waals surface area (Å²) in [5.41, 5.74) is 8.10. The number of thioether (sulfide) groups is 1. The van der Waals surface area contributed by atoms with Crippen molar-refractivity contribution in [2.75, 3.05) is 11.5 Å². The van der Waals surface area contributed by atoms with Gasteiger partial charge in [0.25, 0.3) is 5.22 Å². The van der Waals surface area contributed by atoms with Gasteiger partial charge >= 0.3 is 0 Å². The number of benzene rings is 1. The van der Waals surface area contributed by atoms with Gasteiger partial charge in [-0.25, -0.2) is 4.98 Å². The fraction of sp³-hybridized carbons (Fsp3) is 0.417.